The number of hydrogen-bond donors (Lipinski definition) is 3. The second-order valence-electron chi connectivity index (χ2n) is 6.12. The first-order valence-corrected chi connectivity index (χ1v) is 8.28. The highest BCUT2D eigenvalue weighted by atomic mass is 127. The molecule has 7 nitrogen and oxygen atoms in total. The molecule has 2 aliphatic rings. The number of guanidine groups is 1. The zero-order valence-electron chi connectivity index (χ0n) is 14.2. The molecule has 2 fully saturated rings. The van der Waals surface area contributed by atoms with Gasteiger partial charge in [-0.3, -0.25) is 14.6 Å². The predicted octanol–water partition coefficient (Wildman–Crippen LogP) is 0.704. The highest BCUT2D eigenvalue weighted by Crippen LogP contribution is 2.18. The van der Waals surface area contributed by atoms with E-state index in [0.29, 0.717) is 31.2 Å². The van der Waals surface area contributed by atoms with Gasteiger partial charge in [0.1, 0.15) is 0 Å². The first-order valence-electron chi connectivity index (χ1n) is 8.28. The minimum atomic E-state index is -0.107. The monoisotopic (exact) mass is 457 g/mol. The maximum atomic E-state index is 12.4. The molecule has 0 aromatic heterocycles. The Balaban J connectivity index is 0.00000225. The van der Waals surface area contributed by atoms with E-state index in [-0.39, 0.29) is 42.3 Å². The van der Waals surface area contributed by atoms with E-state index in [1.165, 1.54) is 12.8 Å². The molecule has 25 heavy (non-hydrogen) atoms. The molecule has 0 bridgehead atoms. The molecule has 1 saturated heterocycles. The number of hydrogen-bond acceptors (Lipinski definition) is 3. The minimum absolute atomic E-state index is 0. The van der Waals surface area contributed by atoms with Gasteiger partial charge in [-0.25, -0.2) is 0 Å². The summed E-state index contributed by atoms with van der Waals surface area (Å²) in [6.07, 6.45) is 2.40. The lowest BCUT2D eigenvalue weighted by atomic mass is 10.1. The lowest BCUT2D eigenvalue weighted by molar-refractivity contribution is -0.123. The van der Waals surface area contributed by atoms with E-state index >= 15 is 0 Å². The summed E-state index contributed by atoms with van der Waals surface area (Å²) in [6, 6.07) is 8.02. The van der Waals surface area contributed by atoms with Crippen LogP contribution in [0.5, 0.6) is 0 Å². The molecule has 2 amide bonds. The molecule has 136 valence electrons. The second-order valence-corrected chi connectivity index (χ2v) is 6.12. The van der Waals surface area contributed by atoms with Gasteiger partial charge in [-0.2, -0.15) is 0 Å². The van der Waals surface area contributed by atoms with E-state index in [9.17, 15) is 9.59 Å². The van der Waals surface area contributed by atoms with E-state index in [2.05, 4.69) is 20.9 Å². The van der Waals surface area contributed by atoms with Crippen molar-refractivity contribution in [3.63, 3.8) is 0 Å². The van der Waals surface area contributed by atoms with Crippen LogP contribution < -0.4 is 16.0 Å². The highest BCUT2D eigenvalue weighted by molar-refractivity contribution is 14.0. The summed E-state index contributed by atoms with van der Waals surface area (Å²) in [5.41, 5.74) is 1.68. The first kappa shape index (κ1) is 19.5. The average molecular weight is 457 g/mol. The van der Waals surface area contributed by atoms with Crippen LogP contribution >= 0.6 is 24.0 Å². The summed E-state index contributed by atoms with van der Waals surface area (Å²) in [4.78, 5) is 29.6. The van der Waals surface area contributed by atoms with Crippen molar-refractivity contribution in [2.45, 2.75) is 25.4 Å². The molecule has 0 radical (unpaired) electrons. The molecule has 1 aromatic carbocycles. The molecule has 3 N–H and O–H groups in total. The summed E-state index contributed by atoms with van der Waals surface area (Å²) in [5, 5.41) is 9.31. The number of aliphatic imine (C=N–C) groups is 1. The summed E-state index contributed by atoms with van der Waals surface area (Å²) < 4.78 is 0. The van der Waals surface area contributed by atoms with Crippen molar-refractivity contribution in [1.29, 1.82) is 0 Å². The standard InChI is InChI=1S/C17H23N5O2.HI/c1-18-17(21-14-6-7-14)20-10-12-2-4-13(5-3-12)16(24)22-9-8-19-15(23)11-22;/h2-5,14H,6-11H2,1H3,(H,19,23)(H2,18,20,21);1H. The highest BCUT2D eigenvalue weighted by Gasteiger charge is 2.23. The van der Waals surface area contributed by atoms with Gasteiger partial charge in [0.05, 0.1) is 6.54 Å². The zero-order valence-corrected chi connectivity index (χ0v) is 16.6. The number of nitrogens with one attached hydrogen (secondary N) is 3. The van der Waals surface area contributed by atoms with Gasteiger partial charge in [0, 0.05) is 38.3 Å². The first-order chi connectivity index (χ1) is 11.7. The van der Waals surface area contributed by atoms with Gasteiger partial charge in [0.2, 0.25) is 5.91 Å². The van der Waals surface area contributed by atoms with Crippen molar-refractivity contribution in [1.82, 2.24) is 20.9 Å². The summed E-state index contributed by atoms with van der Waals surface area (Å²) in [7, 11) is 1.76. The van der Waals surface area contributed by atoms with E-state index < -0.39 is 0 Å². The molecular formula is C17H24IN5O2. The van der Waals surface area contributed by atoms with E-state index in [0.717, 1.165) is 11.5 Å². The number of halogens is 1. The molecule has 1 saturated carbocycles. The molecule has 1 aliphatic heterocycles. The third-order valence-corrected chi connectivity index (χ3v) is 4.13. The van der Waals surface area contributed by atoms with Crippen molar-refractivity contribution in [3.8, 4) is 0 Å². The van der Waals surface area contributed by atoms with Crippen LogP contribution in [0.25, 0.3) is 0 Å². The smallest absolute Gasteiger partial charge is 0.254 e. The van der Waals surface area contributed by atoms with Crippen LogP contribution in [0, 0.1) is 0 Å². The molecule has 0 atom stereocenters. The fourth-order valence-electron chi connectivity index (χ4n) is 2.56. The SMILES string of the molecule is CN=C(NCc1ccc(C(=O)N2CCNC(=O)C2)cc1)NC1CC1.I. The van der Waals surface area contributed by atoms with Crippen molar-refractivity contribution < 1.29 is 9.59 Å². The summed E-state index contributed by atoms with van der Waals surface area (Å²) in [6.45, 7) is 1.84. The Labute approximate surface area is 164 Å². The number of carbonyl (C=O) groups is 2. The van der Waals surface area contributed by atoms with Crippen LogP contribution in [0.15, 0.2) is 29.3 Å². The Morgan fingerprint density at radius 3 is 2.64 bits per heavy atom. The minimum Gasteiger partial charge on any atom is -0.354 e. The second kappa shape index (κ2) is 9.02. The van der Waals surface area contributed by atoms with Crippen LogP contribution in [0.1, 0.15) is 28.8 Å². The maximum Gasteiger partial charge on any atom is 0.254 e. The summed E-state index contributed by atoms with van der Waals surface area (Å²) in [5.74, 6) is 0.595. The van der Waals surface area contributed by atoms with Crippen LogP contribution in [-0.2, 0) is 11.3 Å². The van der Waals surface area contributed by atoms with Gasteiger partial charge in [0.25, 0.3) is 5.91 Å². The van der Waals surface area contributed by atoms with Crippen LogP contribution in [-0.4, -0.2) is 55.4 Å². The van der Waals surface area contributed by atoms with Gasteiger partial charge in [0.15, 0.2) is 5.96 Å². The predicted molar refractivity (Wildman–Crippen MR) is 107 cm³/mol. The Hall–Kier alpha value is -1.84. The molecular weight excluding hydrogens is 433 g/mol. The molecule has 8 heteroatoms. The van der Waals surface area contributed by atoms with Crippen molar-refractivity contribution in [2.75, 3.05) is 26.7 Å². The number of nitrogens with zero attached hydrogens (tertiary/aromatic N) is 2. The molecule has 1 aromatic rings. The van der Waals surface area contributed by atoms with Crippen molar-refractivity contribution >= 4 is 41.8 Å². The molecule has 1 aliphatic carbocycles. The average Bonchev–Trinajstić information content (AvgIpc) is 3.42. The van der Waals surface area contributed by atoms with Crippen LogP contribution in [0.2, 0.25) is 0 Å². The van der Waals surface area contributed by atoms with Gasteiger partial charge in [-0.1, -0.05) is 12.1 Å². The lowest BCUT2D eigenvalue weighted by Gasteiger charge is -2.26. The number of amides is 2. The van der Waals surface area contributed by atoms with Crippen molar-refractivity contribution in [3.05, 3.63) is 35.4 Å². The normalized spacial score (nSPS) is 17.4. The quantitative estimate of drug-likeness (QED) is 0.353. The number of rotatable bonds is 4. The van der Waals surface area contributed by atoms with Gasteiger partial charge in [-0.05, 0) is 30.5 Å². The maximum absolute atomic E-state index is 12.4. The summed E-state index contributed by atoms with van der Waals surface area (Å²) >= 11 is 0. The molecule has 0 unspecified atom stereocenters. The molecule has 1 heterocycles. The third kappa shape index (κ3) is 5.58. The Morgan fingerprint density at radius 1 is 1.32 bits per heavy atom. The van der Waals surface area contributed by atoms with Crippen LogP contribution in [0.3, 0.4) is 0 Å². The fraction of sp³-hybridized carbons (Fsp3) is 0.471. The van der Waals surface area contributed by atoms with Gasteiger partial charge >= 0.3 is 0 Å². The Kier molecular flexibility index (Phi) is 7.03. The van der Waals surface area contributed by atoms with E-state index in [1.807, 2.05) is 24.3 Å². The van der Waals surface area contributed by atoms with Gasteiger partial charge in [-0.15, -0.1) is 24.0 Å². The topological polar surface area (TPSA) is 85.8 Å². The third-order valence-electron chi connectivity index (χ3n) is 4.13. The number of carbonyl (C=O) groups excluding carboxylic acids is 2. The lowest BCUT2D eigenvalue weighted by Crippen LogP contribution is -2.49. The van der Waals surface area contributed by atoms with E-state index in [4.69, 9.17) is 0 Å². The fourth-order valence-corrected chi connectivity index (χ4v) is 2.56. The van der Waals surface area contributed by atoms with Crippen LogP contribution in [0.4, 0.5) is 0 Å². The number of piperazine rings is 1. The molecule has 3 rings (SSSR count). The largest absolute Gasteiger partial charge is 0.354 e. The van der Waals surface area contributed by atoms with Crippen molar-refractivity contribution in [2.24, 2.45) is 4.99 Å². The molecule has 0 spiro atoms. The number of benzene rings is 1. The van der Waals surface area contributed by atoms with Gasteiger partial charge < -0.3 is 20.9 Å². The van der Waals surface area contributed by atoms with E-state index in [1.54, 1.807) is 11.9 Å². The Morgan fingerprint density at radius 2 is 2.04 bits per heavy atom. The Bertz CT molecular complexity index is 643. The zero-order chi connectivity index (χ0) is 16.9.